The number of carbonyl (C=O) groups is 4. The second kappa shape index (κ2) is 25.9. The molecule has 0 spiro atoms. The van der Waals surface area contributed by atoms with Gasteiger partial charge < -0.3 is 68.3 Å². The maximum Gasteiger partial charge on any atom is 0.507 e. The average Bonchev–Trinajstić information content (AvgIpc) is 0.698. The Balaban J connectivity index is 0.812. The number of benzene rings is 4. The molecule has 3 unspecified atom stereocenters. The maximum absolute atomic E-state index is 13.9. The molecule has 6 aliphatic heterocycles. The van der Waals surface area contributed by atoms with Gasteiger partial charge in [0.15, 0.2) is 0 Å². The van der Waals surface area contributed by atoms with Gasteiger partial charge in [-0.15, -0.1) is 46.1 Å². The first-order chi connectivity index (χ1) is 42.4. The molecule has 6 fully saturated rings. The second-order valence-corrected chi connectivity index (χ2v) is 44.7. The van der Waals surface area contributed by atoms with Gasteiger partial charge in [0.25, 0.3) is 0 Å². The largest absolute Gasteiger partial charge is 0.507 e. The summed E-state index contributed by atoms with van der Waals surface area (Å²) in [6.07, 6.45) is -3.18. The van der Waals surface area contributed by atoms with Crippen LogP contribution in [0.2, 0.25) is 6.04 Å². The zero-order chi connectivity index (χ0) is 61.8. The standard InChI is InChI=1S/C59H60O20SSi8/c1-8-81-68-82(9-2)71-85(12-5)73-83(10-3,69-81)75-87(14-7)76-84(11-4,70-81)74-86(13-6,72-82)78-88(77-85,79-87)40-39-80-44-51(65-57(61)37-38-59(63)67-55-42-50-28-18-16-24-46(50)32-34-48-26-20-22-30-53(48)55)43-64-56(60)35-36-58(62)66-54-41-49-27-17-15-23-45(49)31-33-47-25-19-21-29-52(47)54/h8-30,51,54-55H,1-7,35-44H2. The summed E-state index contributed by atoms with van der Waals surface area (Å²) in [6, 6.07) is 30.1. The van der Waals surface area contributed by atoms with Gasteiger partial charge in [0, 0.05) is 58.0 Å². The third-order valence-electron chi connectivity index (χ3n) is 14.5. The molecule has 0 radical (unpaired) electrons. The van der Waals surface area contributed by atoms with Crippen LogP contribution in [0.15, 0.2) is 183 Å². The van der Waals surface area contributed by atoms with Crippen LogP contribution in [0.3, 0.4) is 0 Å². The highest BCUT2D eigenvalue weighted by atomic mass is 32.2. The van der Waals surface area contributed by atoms with Gasteiger partial charge in [-0.25, -0.2) is 0 Å². The molecule has 6 saturated heterocycles. The fraction of sp³-hybridized carbons (Fsp3) is 0.220. The third kappa shape index (κ3) is 13.4. The molecule has 8 aliphatic rings. The number of esters is 4. The predicted octanol–water partition coefficient (Wildman–Crippen LogP) is 8.07. The van der Waals surface area contributed by atoms with Gasteiger partial charge in [-0.3, -0.25) is 19.2 Å². The minimum Gasteiger partial charge on any atom is -0.462 e. The molecule has 20 nitrogen and oxygen atoms in total. The van der Waals surface area contributed by atoms with Gasteiger partial charge in [0.05, 0.1) is 25.7 Å². The average molecular weight is 1350 g/mol. The van der Waals surface area contributed by atoms with Crippen molar-refractivity contribution in [3.63, 3.8) is 0 Å². The third-order valence-corrected chi connectivity index (χ3v) is 48.0. The summed E-state index contributed by atoms with van der Waals surface area (Å²) in [5.74, 6) is 10.1. The Hall–Kier alpha value is -6.33. The lowest BCUT2D eigenvalue weighted by molar-refractivity contribution is -0.161. The summed E-state index contributed by atoms with van der Waals surface area (Å²) in [7, 11) is -35.5. The zero-order valence-electron chi connectivity index (χ0n) is 47.6. The van der Waals surface area contributed by atoms with Crippen molar-refractivity contribution in [2.45, 2.75) is 62.9 Å². The Morgan fingerprint density at radius 1 is 0.455 bits per heavy atom. The minimum absolute atomic E-state index is 0.0128. The first kappa shape index (κ1) is 63.2. The van der Waals surface area contributed by atoms with Crippen LogP contribution in [0.1, 0.15) is 82.4 Å². The molecular weight excluding hydrogens is 1290 g/mol. The second-order valence-electron chi connectivity index (χ2n) is 20.5. The fourth-order valence-corrected chi connectivity index (χ4v) is 53.2. The molecule has 0 N–H and O–H groups in total. The molecule has 6 heterocycles. The van der Waals surface area contributed by atoms with Gasteiger partial charge in [-0.2, -0.15) is 11.8 Å². The first-order valence-corrected chi connectivity index (χ1v) is 43.7. The summed E-state index contributed by atoms with van der Waals surface area (Å²) in [6.45, 7) is 27.8. The van der Waals surface area contributed by atoms with E-state index in [1.165, 1.54) is 51.7 Å². The van der Waals surface area contributed by atoms with E-state index < -0.39 is 119 Å². The smallest absolute Gasteiger partial charge is 0.462 e. The van der Waals surface area contributed by atoms with Crippen molar-refractivity contribution in [1.82, 2.24) is 0 Å². The van der Waals surface area contributed by atoms with Crippen molar-refractivity contribution in [3.05, 3.63) is 228 Å². The molecule has 3 atom stereocenters. The summed E-state index contributed by atoms with van der Waals surface area (Å²) >= 11 is 1.23. The number of rotatable bonds is 23. The molecule has 29 heteroatoms. The highest BCUT2D eigenvalue weighted by Gasteiger charge is 2.82. The van der Waals surface area contributed by atoms with E-state index in [1.54, 1.807) is 0 Å². The van der Waals surface area contributed by atoms with Crippen molar-refractivity contribution >= 4 is 106 Å². The monoisotopic (exact) mass is 1340 g/mol. The lowest BCUT2D eigenvalue weighted by Gasteiger charge is -2.60. The van der Waals surface area contributed by atoms with Crippen LogP contribution < -0.4 is 0 Å². The number of ether oxygens (including phenoxy) is 4. The summed E-state index contributed by atoms with van der Waals surface area (Å²) in [5, 5.41) is 0. The lowest BCUT2D eigenvalue weighted by Crippen LogP contribution is -2.87. The van der Waals surface area contributed by atoms with Crippen LogP contribution in [-0.4, -0.2) is 119 Å². The molecule has 2 aliphatic carbocycles. The highest BCUT2D eigenvalue weighted by Crippen LogP contribution is 2.50. The Kier molecular flexibility index (Phi) is 18.6. The van der Waals surface area contributed by atoms with Gasteiger partial charge in [0.1, 0.15) is 24.9 Å². The SMILES string of the molecule is C=C[Si]12O[Si]3(C=C)O[Si]4(C=C)O[Si](C=C)(O1)O[Si]1(C=C)O[Si](C=C)(O2)O[Si](C=C)(O3)O[Si](CCSCC(COC(=O)CCC(=O)OC2Cc3ccccc3C#Cc3ccccc32)OC(=O)CCC(=O)OC2Cc3ccccc3C#Cc3ccccc32)(O4)O1. The Morgan fingerprint density at radius 3 is 1.18 bits per heavy atom. The number of hydrogen-bond donors (Lipinski definition) is 0. The van der Waals surface area contributed by atoms with Crippen LogP contribution in [-0.2, 0) is 100 Å². The Morgan fingerprint density at radius 2 is 0.784 bits per heavy atom. The first-order valence-electron chi connectivity index (χ1n) is 28.0. The van der Waals surface area contributed by atoms with Crippen LogP contribution in [0.4, 0.5) is 0 Å². The van der Waals surface area contributed by atoms with E-state index in [4.69, 9.17) is 68.3 Å². The molecule has 0 aromatic heterocycles. The summed E-state index contributed by atoms with van der Waals surface area (Å²) in [5.41, 5.74) is 15.6. The number of fused-ring (bicyclic) bond motifs is 4. The number of hydrogen-bond acceptors (Lipinski definition) is 21. The normalized spacial score (nSPS) is 31.1. The maximum atomic E-state index is 13.9. The van der Waals surface area contributed by atoms with Crippen molar-refractivity contribution in [1.29, 1.82) is 0 Å². The van der Waals surface area contributed by atoms with Crippen LogP contribution in [0.25, 0.3) is 0 Å². The van der Waals surface area contributed by atoms with E-state index in [-0.39, 0.29) is 43.2 Å². The van der Waals surface area contributed by atoms with Crippen LogP contribution in [0.5, 0.6) is 0 Å². The van der Waals surface area contributed by atoms with E-state index in [0.29, 0.717) is 18.4 Å². The van der Waals surface area contributed by atoms with Crippen LogP contribution >= 0.6 is 11.8 Å². The van der Waals surface area contributed by atoms with Gasteiger partial charge in [0.2, 0.25) is 0 Å². The molecule has 454 valence electrons. The quantitative estimate of drug-likeness (QED) is 0.0225. The van der Waals surface area contributed by atoms with Crippen LogP contribution in [0, 0.1) is 23.7 Å². The van der Waals surface area contributed by atoms with Crippen molar-refractivity contribution in [3.8, 4) is 23.7 Å². The van der Waals surface area contributed by atoms with Crippen molar-refractivity contribution in [2.24, 2.45) is 0 Å². The molecule has 8 bridgehead atoms. The summed E-state index contributed by atoms with van der Waals surface area (Å²) < 4.78 is 107. The highest BCUT2D eigenvalue weighted by molar-refractivity contribution is 7.99. The molecule has 88 heavy (non-hydrogen) atoms. The zero-order valence-corrected chi connectivity index (χ0v) is 56.4. The molecule has 4 aromatic carbocycles. The van der Waals surface area contributed by atoms with Gasteiger partial charge in [-0.1, -0.05) is 96.5 Å². The topological polar surface area (TPSA) is 216 Å². The van der Waals surface area contributed by atoms with Gasteiger partial charge >= 0.3 is 94.3 Å². The molecule has 0 saturated carbocycles. The minimum atomic E-state index is -4.52. The Bertz CT molecular complexity index is 3520. The number of thioether (sulfide) groups is 1. The van der Waals surface area contributed by atoms with E-state index >= 15 is 0 Å². The molecule has 0 amide bonds. The fourth-order valence-electron chi connectivity index (χ4n) is 10.4. The van der Waals surface area contributed by atoms with Gasteiger partial charge in [-0.05, 0) is 81.0 Å². The van der Waals surface area contributed by atoms with Crippen molar-refractivity contribution in [2.75, 3.05) is 18.1 Å². The Labute approximate surface area is 522 Å². The van der Waals surface area contributed by atoms with E-state index in [0.717, 1.165) is 38.9 Å². The lowest BCUT2D eigenvalue weighted by atomic mass is 9.92. The van der Waals surface area contributed by atoms with E-state index in [1.807, 2.05) is 97.1 Å². The molecule has 12 rings (SSSR count). The number of carbonyl (C=O) groups excluding carboxylic acids is 4. The van der Waals surface area contributed by atoms with Crippen molar-refractivity contribution < 1.29 is 87.5 Å². The molecule has 4 aromatic rings. The van der Waals surface area contributed by atoms with E-state index in [9.17, 15) is 19.2 Å². The summed E-state index contributed by atoms with van der Waals surface area (Å²) in [4.78, 5) is 54.7. The molecular formula is C59H60O20SSi8. The van der Waals surface area contributed by atoms with E-state index in [2.05, 4.69) is 69.7 Å². The predicted molar refractivity (Wildman–Crippen MR) is 335 cm³/mol.